The van der Waals surface area contributed by atoms with Gasteiger partial charge >= 0.3 is 5.97 Å². The number of nitrogens with one attached hydrogen (secondary N) is 2. The van der Waals surface area contributed by atoms with Crippen molar-refractivity contribution in [1.29, 1.82) is 0 Å². The van der Waals surface area contributed by atoms with Crippen molar-refractivity contribution in [2.45, 2.75) is 82.4 Å². The molecule has 4 atom stereocenters. The van der Waals surface area contributed by atoms with Crippen LogP contribution < -0.4 is 30.4 Å². The lowest BCUT2D eigenvalue weighted by molar-refractivity contribution is -0.175. The summed E-state index contributed by atoms with van der Waals surface area (Å²) in [5, 5.41) is 23.3. The molecule has 5 amide bonds. The summed E-state index contributed by atoms with van der Waals surface area (Å²) in [6.45, 7) is -0.631. The van der Waals surface area contributed by atoms with Gasteiger partial charge in [0.05, 0.1) is 59.7 Å². The minimum absolute atomic E-state index is 0.00569. The van der Waals surface area contributed by atoms with Gasteiger partial charge in [0.25, 0.3) is 17.4 Å². The van der Waals surface area contributed by atoms with Crippen molar-refractivity contribution in [3.63, 3.8) is 0 Å². The van der Waals surface area contributed by atoms with Crippen molar-refractivity contribution < 1.29 is 85.4 Å². The van der Waals surface area contributed by atoms with E-state index in [2.05, 4.69) is 10.6 Å². The lowest BCUT2D eigenvalue weighted by Gasteiger charge is -2.31. The Morgan fingerprint density at radius 1 is 0.974 bits per heavy atom. The van der Waals surface area contributed by atoms with Gasteiger partial charge < -0.3 is 68.3 Å². The van der Waals surface area contributed by atoms with Crippen LogP contribution in [-0.4, -0.2) is 158 Å². The second kappa shape index (κ2) is 24.2. The summed E-state index contributed by atoms with van der Waals surface area (Å²) in [5.74, 6) is -1.15. The van der Waals surface area contributed by atoms with Gasteiger partial charge in [-0.25, -0.2) is 18.2 Å². The fourth-order valence-corrected chi connectivity index (χ4v) is 9.71. The molecule has 7 heterocycles. The van der Waals surface area contributed by atoms with Crippen molar-refractivity contribution in [2.24, 2.45) is 0 Å². The molecule has 2 aromatic heterocycles. The van der Waals surface area contributed by atoms with Crippen LogP contribution >= 0.6 is 0 Å². The van der Waals surface area contributed by atoms with Crippen molar-refractivity contribution in [3.05, 3.63) is 86.7 Å². The molecule has 0 spiro atoms. The number of aliphatic hydroxyl groups excluding tert-OH is 2. The molecule has 5 aliphatic heterocycles. The minimum Gasteiger partial charge on any atom is -0.463 e. The third kappa shape index (κ3) is 13.0. The molecule has 1 saturated carbocycles. The van der Waals surface area contributed by atoms with Crippen LogP contribution in [0.5, 0.6) is 17.2 Å². The monoisotopic (exact) mass is 1090 g/mol. The Bertz CT molecular complexity index is 3180. The van der Waals surface area contributed by atoms with Crippen LogP contribution in [0.1, 0.15) is 71.9 Å². The molecule has 2 fully saturated rings. The molecule has 2 aromatic carbocycles. The highest BCUT2D eigenvalue weighted by Gasteiger charge is 2.39. The number of benzene rings is 2. The first kappa shape index (κ1) is 55.6. The Hall–Kier alpha value is -7.62. The summed E-state index contributed by atoms with van der Waals surface area (Å²) in [7, 11) is -0.519. The molecule has 25 nitrogen and oxygen atoms in total. The number of likely N-dealkylation sites (N-methyl/N-ethyl adjacent to an activating group) is 1. The molecule has 6 aliphatic rings. The van der Waals surface area contributed by atoms with E-state index in [1.54, 1.807) is 22.8 Å². The number of cyclic esters (lactones) is 1. The van der Waals surface area contributed by atoms with Gasteiger partial charge in [0.2, 0.25) is 31.3 Å². The Morgan fingerprint density at radius 3 is 2.42 bits per heavy atom. The standard InChI is InChI=1S/C46H43N5O15.C4H9NO3S.CH4O/c1-49(38(55)8-9-50-39(56)6-7-40(50)57)17-37(54)47-32-10-23(2-5-34(32)66-41-12-25(53)11-26(18-52)65-41)19-60-21-64-44-27-13-33-43-29(16-51(33)45(58)30(27)20-61-46(44)59)42(24-3-4-24)28-14-35-36(63-22-62-35)15-31(28)48-43;1-9(7,8)3-2-5-4-6;1-2/h2,5-7,10,13-15,18,24-26,41,44,53H,3-4,8-9,11-12,16-17,19-22H2,1H3,(H,47,54);4H,2-3H2,1H3,(H,5,6);2H,1H3. The van der Waals surface area contributed by atoms with Crippen molar-refractivity contribution in [3.8, 4) is 28.6 Å². The number of sulfone groups is 1. The first-order valence-corrected chi connectivity index (χ1v) is 26.4. The molecule has 77 heavy (non-hydrogen) atoms. The van der Waals surface area contributed by atoms with Crippen LogP contribution in [0.3, 0.4) is 0 Å². The van der Waals surface area contributed by atoms with Crippen LogP contribution in [0.15, 0.2) is 53.3 Å². The maximum absolute atomic E-state index is 14.1. The number of rotatable bonds is 19. The third-order valence-corrected chi connectivity index (χ3v) is 14.0. The van der Waals surface area contributed by atoms with Crippen LogP contribution in [0, 0.1) is 0 Å². The molecule has 0 radical (unpaired) electrons. The second-order valence-electron chi connectivity index (χ2n) is 18.6. The molecule has 10 rings (SSSR count). The van der Waals surface area contributed by atoms with Gasteiger partial charge in [0, 0.05) is 87.5 Å². The highest BCUT2D eigenvalue weighted by atomic mass is 32.2. The van der Waals surface area contributed by atoms with E-state index < -0.39 is 77.4 Å². The zero-order valence-electron chi connectivity index (χ0n) is 42.1. The largest absolute Gasteiger partial charge is 0.463 e. The topological polar surface area (TPSA) is 324 Å². The smallest absolute Gasteiger partial charge is 0.340 e. The van der Waals surface area contributed by atoms with Gasteiger partial charge in [0.1, 0.15) is 41.4 Å². The number of carbonyl (C=O) groups excluding carboxylic acids is 7. The lowest BCUT2D eigenvalue weighted by Crippen LogP contribution is -2.40. The zero-order chi connectivity index (χ0) is 55.1. The van der Waals surface area contributed by atoms with Gasteiger partial charge in [-0.2, -0.15) is 0 Å². The summed E-state index contributed by atoms with van der Waals surface area (Å²) in [4.78, 5) is 106. The molecule has 0 bridgehead atoms. The number of imide groups is 1. The fourth-order valence-electron chi connectivity index (χ4n) is 9.22. The number of aliphatic hydroxyl groups is 2. The van der Waals surface area contributed by atoms with Crippen molar-refractivity contribution in [2.75, 3.05) is 64.7 Å². The molecule has 4 aromatic rings. The number of pyridine rings is 2. The molecule has 1 saturated heterocycles. The normalized spacial score (nSPS) is 19.6. The number of amides is 5. The van der Waals surface area contributed by atoms with E-state index in [0.717, 1.165) is 70.2 Å². The predicted octanol–water partition coefficient (Wildman–Crippen LogP) is 0.861. The van der Waals surface area contributed by atoms with Gasteiger partial charge in [-0.05, 0) is 54.2 Å². The Kier molecular flexibility index (Phi) is 17.4. The number of hydrogen-bond acceptors (Lipinski definition) is 20. The average Bonchev–Trinajstić information content (AvgIpc) is 3.93. The van der Waals surface area contributed by atoms with Crippen LogP contribution in [0.25, 0.3) is 22.3 Å². The number of carbonyl (C=O) groups is 7. The van der Waals surface area contributed by atoms with E-state index in [0.29, 0.717) is 64.7 Å². The second-order valence-corrected chi connectivity index (χ2v) is 20.8. The van der Waals surface area contributed by atoms with E-state index in [1.807, 2.05) is 12.1 Å². The number of nitrogens with zero attached hydrogens (tertiary/aromatic N) is 4. The maximum Gasteiger partial charge on any atom is 0.340 e. The number of fused-ring (bicyclic) bond motifs is 6. The summed E-state index contributed by atoms with van der Waals surface area (Å²) >= 11 is 0. The number of ether oxygens (including phenoxy) is 7. The maximum atomic E-state index is 14.1. The number of aldehydes is 1. The SMILES string of the molecule is CN(CC(=O)Nc1cc(COCOC2C(=O)OCc3c2cc2n(c3=O)Cc3c-2nc2cc4c(cc2c3C2CC2)OCO4)ccc1OC1CC(O)CC(C=O)O1)C(=O)CCN1C(=O)C=CC1=O.CO.CS(=O)(=O)CCNC=O. The van der Waals surface area contributed by atoms with Crippen LogP contribution in [0.4, 0.5) is 5.69 Å². The number of aromatic nitrogens is 2. The average molecular weight is 1090 g/mol. The van der Waals surface area contributed by atoms with Crippen LogP contribution in [-0.2, 0) is 82.1 Å². The fraction of sp³-hybridized carbons (Fsp3) is 0.431. The third-order valence-electron chi connectivity index (χ3n) is 13.0. The van der Waals surface area contributed by atoms with Gasteiger partial charge in [-0.15, -0.1) is 0 Å². The minimum atomic E-state index is -2.92. The van der Waals surface area contributed by atoms with Crippen molar-refractivity contribution in [1.82, 2.24) is 24.7 Å². The van der Waals surface area contributed by atoms with E-state index in [-0.39, 0.29) is 75.1 Å². The van der Waals surface area contributed by atoms with E-state index in [4.69, 9.17) is 43.2 Å². The Morgan fingerprint density at radius 2 is 1.71 bits per heavy atom. The van der Waals surface area contributed by atoms with E-state index in [9.17, 15) is 51.9 Å². The van der Waals surface area contributed by atoms with E-state index >= 15 is 0 Å². The molecule has 26 heteroatoms. The van der Waals surface area contributed by atoms with Crippen molar-refractivity contribution >= 4 is 68.7 Å². The Labute approximate surface area is 439 Å². The zero-order valence-corrected chi connectivity index (χ0v) is 42.9. The lowest BCUT2D eigenvalue weighted by atomic mass is 9.96. The van der Waals surface area contributed by atoms with Gasteiger partial charge in [-0.1, -0.05) is 6.07 Å². The molecular formula is C51H56N6O19S. The predicted molar refractivity (Wildman–Crippen MR) is 268 cm³/mol. The highest BCUT2D eigenvalue weighted by Crippen LogP contribution is 2.50. The van der Waals surface area contributed by atoms with Gasteiger partial charge in [-0.3, -0.25) is 33.7 Å². The van der Waals surface area contributed by atoms with Crippen LogP contribution in [0.2, 0.25) is 0 Å². The molecular weight excluding hydrogens is 1030 g/mol. The number of hydrogen-bond donors (Lipinski definition) is 4. The molecule has 4 unspecified atom stereocenters. The molecule has 4 N–H and O–H groups in total. The summed E-state index contributed by atoms with van der Waals surface area (Å²) in [6.07, 6.45) is 2.29. The number of anilines is 1. The van der Waals surface area contributed by atoms with E-state index in [1.165, 1.54) is 13.1 Å². The summed E-state index contributed by atoms with van der Waals surface area (Å²) in [5.41, 5.74) is 5.04. The molecule has 410 valence electrons. The molecule has 1 aliphatic carbocycles. The summed E-state index contributed by atoms with van der Waals surface area (Å²) < 4.78 is 62.6. The first-order valence-electron chi connectivity index (χ1n) is 24.3. The Balaban J connectivity index is 0.000000649. The summed E-state index contributed by atoms with van der Waals surface area (Å²) in [6, 6.07) is 10.3. The first-order chi connectivity index (χ1) is 37.0. The van der Waals surface area contributed by atoms with Gasteiger partial charge in [0.15, 0.2) is 17.6 Å². The number of esters is 1. The highest BCUT2D eigenvalue weighted by molar-refractivity contribution is 7.90. The quantitative estimate of drug-likeness (QED) is 0.0293.